The maximum absolute atomic E-state index is 12.6. The standard InChI is InChI=1S/C16H13N5O4S/c17-15(23)14(22)11(8-9-4-3-7-25-9)19-16(24)13-12(20-26-21-13)10-5-1-2-6-18-10/h1-7,11H,8H2,(H2,17,23)(H,19,24). The highest BCUT2D eigenvalue weighted by molar-refractivity contribution is 6.99. The van der Waals surface area contributed by atoms with E-state index in [1.165, 1.54) is 6.26 Å². The van der Waals surface area contributed by atoms with Crippen LogP contribution in [0.25, 0.3) is 11.4 Å². The van der Waals surface area contributed by atoms with Crippen LogP contribution in [0.15, 0.2) is 47.2 Å². The minimum absolute atomic E-state index is 0.00964. The molecule has 3 aromatic heterocycles. The fourth-order valence-corrected chi connectivity index (χ4v) is 2.80. The summed E-state index contributed by atoms with van der Waals surface area (Å²) < 4.78 is 13.2. The maximum Gasteiger partial charge on any atom is 0.287 e. The summed E-state index contributed by atoms with van der Waals surface area (Å²) in [5.74, 6) is -2.32. The highest BCUT2D eigenvalue weighted by Gasteiger charge is 2.29. The number of carbonyl (C=O) groups excluding carboxylic acids is 3. The Morgan fingerprint density at radius 1 is 1.19 bits per heavy atom. The molecule has 0 aromatic carbocycles. The summed E-state index contributed by atoms with van der Waals surface area (Å²) in [7, 11) is 0. The second-order valence-corrected chi connectivity index (χ2v) is 5.74. The van der Waals surface area contributed by atoms with Crippen molar-refractivity contribution in [3.05, 3.63) is 54.2 Å². The molecule has 0 aliphatic heterocycles. The lowest BCUT2D eigenvalue weighted by molar-refractivity contribution is -0.137. The molecule has 0 saturated heterocycles. The SMILES string of the molecule is NC(=O)C(=O)C(Cc1ccco1)NC(=O)c1nsnc1-c1ccccn1. The van der Waals surface area contributed by atoms with E-state index in [9.17, 15) is 14.4 Å². The summed E-state index contributed by atoms with van der Waals surface area (Å²) in [5.41, 5.74) is 5.84. The molecule has 3 N–H and O–H groups in total. The van der Waals surface area contributed by atoms with Crippen molar-refractivity contribution in [2.24, 2.45) is 5.73 Å². The van der Waals surface area contributed by atoms with Gasteiger partial charge in [-0.3, -0.25) is 19.4 Å². The number of carbonyl (C=O) groups is 3. The van der Waals surface area contributed by atoms with Gasteiger partial charge >= 0.3 is 0 Å². The fourth-order valence-electron chi connectivity index (χ4n) is 2.25. The molecule has 3 aromatic rings. The number of Topliss-reactive ketones (excluding diaryl/α,β-unsaturated/α-hetero) is 1. The molecule has 0 fully saturated rings. The van der Waals surface area contributed by atoms with Gasteiger partial charge in [0, 0.05) is 12.6 Å². The largest absolute Gasteiger partial charge is 0.469 e. The number of amides is 2. The highest BCUT2D eigenvalue weighted by atomic mass is 32.1. The first-order chi connectivity index (χ1) is 12.6. The summed E-state index contributed by atoms with van der Waals surface area (Å²) in [5, 5.41) is 2.48. The molecule has 3 heterocycles. The van der Waals surface area contributed by atoms with E-state index in [1.54, 1.807) is 36.5 Å². The van der Waals surface area contributed by atoms with Crippen LogP contribution in [-0.2, 0) is 16.0 Å². The van der Waals surface area contributed by atoms with Crippen molar-refractivity contribution in [3.8, 4) is 11.4 Å². The first kappa shape index (κ1) is 17.4. The third-order valence-corrected chi connectivity index (χ3v) is 3.99. The Bertz CT molecular complexity index is 923. The van der Waals surface area contributed by atoms with Crippen molar-refractivity contribution in [1.82, 2.24) is 19.0 Å². The summed E-state index contributed by atoms with van der Waals surface area (Å²) in [4.78, 5) is 40.1. The Kier molecular flexibility index (Phi) is 5.13. The average molecular weight is 371 g/mol. The normalized spacial score (nSPS) is 11.7. The number of nitrogens with two attached hydrogens (primary N) is 1. The predicted molar refractivity (Wildman–Crippen MR) is 91.0 cm³/mol. The molecule has 1 unspecified atom stereocenters. The first-order valence-corrected chi connectivity index (χ1v) is 8.20. The quantitative estimate of drug-likeness (QED) is 0.579. The van der Waals surface area contributed by atoms with Crippen LogP contribution in [0, 0.1) is 0 Å². The van der Waals surface area contributed by atoms with Crippen molar-refractivity contribution in [1.29, 1.82) is 0 Å². The molecule has 1 atom stereocenters. The highest BCUT2D eigenvalue weighted by Crippen LogP contribution is 2.19. The predicted octanol–water partition coefficient (Wildman–Crippen LogP) is 0.589. The smallest absolute Gasteiger partial charge is 0.287 e. The van der Waals surface area contributed by atoms with Gasteiger partial charge in [-0.15, -0.1) is 0 Å². The van der Waals surface area contributed by atoms with Crippen LogP contribution in [0.3, 0.4) is 0 Å². The number of hydrogen-bond donors (Lipinski definition) is 2. The van der Waals surface area contributed by atoms with E-state index in [-0.39, 0.29) is 17.8 Å². The van der Waals surface area contributed by atoms with Gasteiger partial charge in [-0.05, 0) is 24.3 Å². The van der Waals surface area contributed by atoms with E-state index in [0.29, 0.717) is 11.5 Å². The second kappa shape index (κ2) is 7.66. The fraction of sp³-hybridized carbons (Fsp3) is 0.125. The summed E-state index contributed by atoms with van der Waals surface area (Å²) in [6.07, 6.45) is 2.97. The van der Waals surface area contributed by atoms with Crippen LogP contribution in [-0.4, -0.2) is 37.4 Å². The molecule has 3 rings (SSSR count). The third-order valence-electron chi connectivity index (χ3n) is 3.46. The molecular formula is C16H13N5O4S. The lowest BCUT2D eigenvalue weighted by Crippen LogP contribution is -2.47. The Morgan fingerprint density at radius 2 is 2.04 bits per heavy atom. The van der Waals surface area contributed by atoms with E-state index in [2.05, 4.69) is 19.0 Å². The van der Waals surface area contributed by atoms with Crippen LogP contribution in [0.1, 0.15) is 16.2 Å². The number of nitrogens with zero attached hydrogens (tertiary/aromatic N) is 3. The molecule has 0 spiro atoms. The molecule has 2 amide bonds. The van der Waals surface area contributed by atoms with Gasteiger partial charge in [0.15, 0.2) is 5.69 Å². The molecule has 0 bridgehead atoms. The number of aromatic nitrogens is 3. The van der Waals surface area contributed by atoms with E-state index in [1.807, 2.05) is 0 Å². The molecule has 26 heavy (non-hydrogen) atoms. The van der Waals surface area contributed by atoms with Crippen LogP contribution < -0.4 is 11.1 Å². The average Bonchev–Trinajstić information content (AvgIpc) is 3.32. The first-order valence-electron chi connectivity index (χ1n) is 7.47. The molecule has 10 heteroatoms. The van der Waals surface area contributed by atoms with Crippen molar-refractivity contribution >= 4 is 29.3 Å². The van der Waals surface area contributed by atoms with Gasteiger partial charge in [0.1, 0.15) is 17.5 Å². The van der Waals surface area contributed by atoms with Gasteiger partial charge in [-0.25, -0.2) is 0 Å². The number of nitrogens with one attached hydrogen (secondary N) is 1. The van der Waals surface area contributed by atoms with Gasteiger partial charge in [0.05, 0.1) is 23.7 Å². The zero-order valence-electron chi connectivity index (χ0n) is 13.3. The maximum atomic E-state index is 12.6. The number of hydrogen-bond acceptors (Lipinski definition) is 8. The number of furan rings is 1. The zero-order chi connectivity index (χ0) is 18.5. The topological polar surface area (TPSA) is 141 Å². The molecule has 0 aliphatic rings. The van der Waals surface area contributed by atoms with E-state index in [0.717, 1.165) is 11.7 Å². The molecule has 0 aliphatic carbocycles. The van der Waals surface area contributed by atoms with Gasteiger partial charge < -0.3 is 15.5 Å². The number of ketones is 1. The van der Waals surface area contributed by atoms with Gasteiger partial charge in [0.2, 0.25) is 5.78 Å². The number of rotatable bonds is 7. The van der Waals surface area contributed by atoms with E-state index in [4.69, 9.17) is 10.2 Å². The number of pyridine rings is 1. The van der Waals surface area contributed by atoms with Gasteiger partial charge in [-0.1, -0.05) is 6.07 Å². The molecular weight excluding hydrogens is 358 g/mol. The van der Waals surface area contributed by atoms with Crippen molar-refractivity contribution in [2.45, 2.75) is 12.5 Å². The second-order valence-electron chi connectivity index (χ2n) is 5.21. The molecule has 9 nitrogen and oxygen atoms in total. The molecule has 132 valence electrons. The molecule has 0 saturated carbocycles. The van der Waals surface area contributed by atoms with Crippen LogP contribution in [0.4, 0.5) is 0 Å². The van der Waals surface area contributed by atoms with E-state index < -0.39 is 23.6 Å². The van der Waals surface area contributed by atoms with Crippen LogP contribution in [0.2, 0.25) is 0 Å². The van der Waals surface area contributed by atoms with E-state index >= 15 is 0 Å². The lowest BCUT2D eigenvalue weighted by Gasteiger charge is -2.14. The summed E-state index contributed by atoms with van der Waals surface area (Å²) >= 11 is 0.841. The minimum atomic E-state index is -1.18. The lowest BCUT2D eigenvalue weighted by atomic mass is 10.1. The van der Waals surface area contributed by atoms with Crippen molar-refractivity contribution in [2.75, 3.05) is 0 Å². The third kappa shape index (κ3) is 3.81. The Hall–Kier alpha value is -3.40. The zero-order valence-corrected chi connectivity index (χ0v) is 14.1. The van der Waals surface area contributed by atoms with Crippen molar-refractivity contribution in [3.63, 3.8) is 0 Å². The Balaban J connectivity index is 1.83. The van der Waals surface area contributed by atoms with Gasteiger partial charge in [-0.2, -0.15) is 8.75 Å². The van der Waals surface area contributed by atoms with Crippen LogP contribution in [0.5, 0.6) is 0 Å². The summed E-state index contributed by atoms with van der Waals surface area (Å²) in [6, 6.07) is 7.24. The monoisotopic (exact) mass is 371 g/mol. The Labute approximate surface area is 151 Å². The summed E-state index contributed by atoms with van der Waals surface area (Å²) in [6.45, 7) is 0. The number of primary amides is 1. The Morgan fingerprint density at radius 3 is 2.69 bits per heavy atom. The minimum Gasteiger partial charge on any atom is -0.469 e. The van der Waals surface area contributed by atoms with Crippen LogP contribution >= 0.6 is 11.7 Å². The van der Waals surface area contributed by atoms with Gasteiger partial charge in [0.25, 0.3) is 11.8 Å². The molecule has 0 radical (unpaired) electrons. The van der Waals surface area contributed by atoms with Crippen molar-refractivity contribution < 1.29 is 18.8 Å².